The zero-order valence-electron chi connectivity index (χ0n) is 12.1. The summed E-state index contributed by atoms with van der Waals surface area (Å²) in [5, 5.41) is 0. The van der Waals surface area contributed by atoms with Gasteiger partial charge in [0.05, 0.1) is 11.5 Å². The van der Waals surface area contributed by atoms with Gasteiger partial charge in [0.25, 0.3) is 9.05 Å². The Kier molecular flexibility index (Phi) is 4.65. The van der Waals surface area contributed by atoms with Crippen molar-refractivity contribution in [3.63, 3.8) is 0 Å². The number of hydrogen-bond donors (Lipinski definition) is 0. The van der Waals surface area contributed by atoms with Crippen LogP contribution in [0.1, 0.15) is 50.2 Å². The highest BCUT2D eigenvalue weighted by atomic mass is 35.7. The van der Waals surface area contributed by atoms with Gasteiger partial charge in [-0.1, -0.05) is 20.3 Å². The summed E-state index contributed by atoms with van der Waals surface area (Å²) in [5.74, 6) is 1.62. The zero-order valence-corrected chi connectivity index (χ0v) is 13.7. The van der Waals surface area contributed by atoms with Crippen molar-refractivity contribution >= 4 is 19.7 Å². The fourth-order valence-corrected chi connectivity index (χ4v) is 3.59. The lowest BCUT2D eigenvalue weighted by Crippen LogP contribution is -2.20. The fourth-order valence-electron chi connectivity index (χ4n) is 2.38. The molecule has 0 aliphatic heterocycles. The molecule has 0 heterocycles. The number of aryl methyl sites for hydroxylation is 1. The number of rotatable bonds is 5. The van der Waals surface area contributed by atoms with E-state index in [1.807, 2.05) is 13.8 Å². The second-order valence-electron chi connectivity index (χ2n) is 5.86. The molecule has 0 bridgehead atoms. The molecule has 1 aliphatic rings. The van der Waals surface area contributed by atoms with E-state index in [4.69, 9.17) is 15.4 Å². The normalized spacial score (nSPS) is 16.2. The van der Waals surface area contributed by atoms with Gasteiger partial charge in [0.2, 0.25) is 0 Å². The fraction of sp³-hybridized carbons (Fsp3) is 0.600. The summed E-state index contributed by atoms with van der Waals surface area (Å²) in [4.78, 5) is 0.180. The van der Waals surface area contributed by atoms with Gasteiger partial charge in [0.15, 0.2) is 0 Å². The zero-order chi connectivity index (χ0) is 14.9. The molecular formula is C15H21ClO3S. The van der Waals surface area contributed by atoms with Crippen molar-refractivity contribution in [2.75, 3.05) is 6.61 Å². The Morgan fingerprint density at radius 2 is 2.00 bits per heavy atom. The first-order chi connectivity index (χ1) is 9.29. The van der Waals surface area contributed by atoms with Crippen molar-refractivity contribution in [1.29, 1.82) is 0 Å². The second kappa shape index (κ2) is 5.94. The third-order valence-corrected chi connectivity index (χ3v) is 5.36. The van der Waals surface area contributed by atoms with E-state index in [9.17, 15) is 8.42 Å². The van der Waals surface area contributed by atoms with E-state index in [0.717, 1.165) is 11.3 Å². The molecule has 1 saturated carbocycles. The van der Waals surface area contributed by atoms with Crippen molar-refractivity contribution in [3.8, 4) is 5.75 Å². The first-order valence-corrected chi connectivity index (χ1v) is 9.32. The molecule has 2 rings (SSSR count). The Morgan fingerprint density at radius 1 is 1.35 bits per heavy atom. The SMILES string of the molecule is Cc1cc(OCC2CCC2)c(C(C)C)cc1S(=O)(=O)Cl. The van der Waals surface area contributed by atoms with Crippen molar-refractivity contribution in [2.45, 2.75) is 50.8 Å². The van der Waals surface area contributed by atoms with Crippen molar-refractivity contribution in [3.05, 3.63) is 23.3 Å². The minimum atomic E-state index is -3.71. The van der Waals surface area contributed by atoms with Gasteiger partial charge in [-0.2, -0.15) is 0 Å². The summed E-state index contributed by atoms with van der Waals surface area (Å²) >= 11 is 0. The molecule has 5 heteroatoms. The molecule has 0 radical (unpaired) electrons. The average molecular weight is 317 g/mol. The first-order valence-electron chi connectivity index (χ1n) is 7.01. The largest absolute Gasteiger partial charge is 0.493 e. The Morgan fingerprint density at radius 3 is 2.45 bits per heavy atom. The third-order valence-electron chi connectivity index (χ3n) is 3.89. The van der Waals surface area contributed by atoms with Crippen LogP contribution in [-0.4, -0.2) is 15.0 Å². The predicted molar refractivity (Wildman–Crippen MR) is 81.1 cm³/mol. The molecule has 20 heavy (non-hydrogen) atoms. The van der Waals surface area contributed by atoms with Crippen molar-refractivity contribution < 1.29 is 13.2 Å². The molecule has 1 aliphatic carbocycles. The third kappa shape index (κ3) is 3.47. The van der Waals surface area contributed by atoms with Gasteiger partial charge in [0, 0.05) is 10.7 Å². The summed E-state index contributed by atoms with van der Waals surface area (Å²) in [7, 11) is 1.77. The maximum absolute atomic E-state index is 11.6. The van der Waals surface area contributed by atoms with Crippen LogP contribution in [0.2, 0.25) is 0 Å². The van der Waals surface area contributed by atoms with Crippen LogP contribution in [0.3, 0.4) is 0 Å². The van der Waals surface area contributed by atoms with E-state index >= 15 is 0 Å². The van der Waals surface area contributed by atoms with Gasteiger partial charge in [-0.25, -0.2) is 8.42 Å². The number of ether oxygens (including phenoxy) is 1. The van der Waals surface area contributed by atoms with Gasteiger partial charge in [-0.05, 0) is 54.9 Å². The van der Waals surface area contributed by atoms with E-state index in [-0.39, 0.29) is 10.8 Å². The van der Waals surface area contributed by atoms with Crippen LogP contribution < -0.4 is 4.74 Å². The van der Waals surface area contributed by atoms with E-state index < -0.39 is 9.05 Å². The summed E-state index contributed by atoms with van der Waals surface area (Å²) < 4.78 is 29.1. The Hall–Kier alpha value is -0.740. The highest BCUT2D eigenvalue weighted by Gasteiger charge is 2.21. The highest BCUT2D eigenvalue weighted by molar-refractivity contribution is 8.13. The van der Waals surface area contributed by atoms with Crippen LogP contribution in [0.5, 0.6) is 5.75 Å². The summed E-state index contributed by atoms with van der Waals surface area (Å²) in [6, 6.07) is 3.45. The van der Waals surface area contributed by atoms with E-state index in [1.54, 1.807) is 19.1 Å². The number of halogens is 1. The second-order valence-corrected chi connectivity index (χ2v) is 8.39. The van der Waals surface area contributed by atoms with Crippen LogP contribution in [0, 0.1) is 12.8 Å². The minimum absolute atomic E-state index is 0.180. The molecule has 112 valence electrons. The van der Waals surface area contributed by atoms with Gasteiger partial charge in [-0.3, -0.25) is 0 Å². The average Bonchev–Trinajstić information content (AvgIpc) is 2.24. The monoisotopic (exact) mass is 316 g/mol. The van der Waals surface area contributed by atoms with Gasteiger partial charge >= 0.3 is 0 Å². The molecule has 1 aromatic rings. The van der Waals surface area contributed by atoms with Crippen LogP contribution in [0.4, 0.5) is 0 Å². The quantitative estimate of drug-likeness (QED) is 0.764. The first kappa shape index (κ1) is 15.6. The van der Waals surface area contributed by atoms with E-state index in [1.165, 1.54) is 19.3 Å². The lowest BCUT2D eigenvalue weighted by atomic mass is 9.86. The molecule has 0 N–H and O–H groups in total. The standard InChI is InChI=1S/C15H21ClO3S/c1-10(2)13-8-15(20(16,17)18)11(3)7-14(13)19-9-12-5-4-6-12/h7-8,10,12H,4-6,9H2,1-3H3. The minimum Gasteiger partial charge on any atom is -0.493 e. The van der Waals surface area contributed by atoms with Crippen LogP contribution >= 0.6 is 10.7 Å². The van der Waals surface area contributed by atoms with Crippen molar-refractivity contribution in [2.24, 2.45) is 5.92 Å². The van der Waals surface area contributed by atoms with E-state index in [0.29, 0.717) is 18.1 Å². The summed E-state index contributed by atoms with van der Waals surface area (Å²) in [6.45, 7) is 6.50. The molecule has 0 saturated heterocycles. The van der Waals surface area contributed by atoms with Crippen LogP contribution in [0.15, 0.2) is 17.0 Å². The maximum atomic E-state index is 11.6. The van der Waals surface area contributed by atoms with E-state index in [2.05, 4.69) is 0 Å². The maximum Gasteiger partial charge on any atom is 0.261 e. The topological polar surface area (TPSA) is 43.4 Å². The van der Waals surface area contributed by atoms with Gasteiger partial charge in [-0.15, -0.1) is 0 Å². The number of hydrogen-bond acceptors (Lipinski definition) is 3. The van der Waals surface area contributed by atoms with Crippen LogP contribution in [0.25, 0.3) is 0 Å². The molecule has 3 nitrogen and oxygen atoms in total. The Balaban J connectivity index is 2.32. The molecule has 0 amide bonds. The molecule has 1 aromatic carbocycles. The van der Waals surface area contributed by atoms with Crippen molar-refractivity contribution in [1.82, 2.24) is 0 Å². The number of benzene rings is 1. The molecule has 0 atom stereocenters. The lowest BCUT2D eigenvalue weighted by Gasteiger charge is -2.26. The highest BCUT2D eigenvalue weighted by Crippen LogP contribution is 2.34. The smallest absolute Gasteiger partial charge is 0.261 e. The molecule has 0 spiro atoms. The Labute approximate surface area is 125 Å². The molecular weight excluding hydrogens is 296 g/mol. The van der Waals surface area contributed by atoms with Gasteiger partial charge in [0.1, 0.15) is 5.75 Å². The molecule has 0 unspecified atom stereocenters. The summed E-state index contributed by atoms with van der Waals surface area (Å²) in [5.41, 5.74) is 1.53. The lowest BCUT2D eigenvalue weighted by molar-refractivity contribution is 0.179. The molecule has 0 aromatic heterocycles. The van der Waals surface area contributed by atoms with Crippen LogP contribution in [-0.2, 0) is 9.05 Å². The van der Waals surface area contributed by atoms with Gasteiger partial charge < -0.3 is 4.74 Å². The molecule has 1 fully saturated rings. The predicted octanol–water partition coefficient (Wildman–Crippen LogP) is 4.22. The summed E-state index contributed by atoms with van der Waals surface area (Å²) in [6.07, 6.45) is 3.74. The Bertz CT molecular complexity index is 589.